The third kappa shape index (κ3) is 2.61. The Morgan fingerprint density at radius 3 is 2.68 bits per heavy atom. The van der Waals surface area contributed by atoms with Gasteiger partial charge in [0.05, 0.1) is 0 Å². The van der Waals surface area contributed by atoms with Crippen molar-refractivity contribution in [1.82, 2.24) is 4.90 Å². The van der Waals surface area contributed by atoms with Crippen LogP contribution >= 0.6 is 0 Å². The Bertz CT molecular complexity index is 966. The van der Waals surface area contributed by atoms with Crippen LogP contribution in [-0.2, 0) is 0 Å². The molecule has 3 fully saturated rings. The molecule has 0 atom stereocenters. The monoisotopic (exact) mass is 337 g/mol. The molecule has 0 amide bonds. The number of para-hydroxylation sites is 1. The van der Waals surface area contributed by atoms with E-state index in [2.05, 4.69) is 4.90 Å². The molecule has 3 saturated heterocycles. The summed E-state index contributed by atoms with van der Waals surface area (Å²) in [6.07, 6.45) is 2.15. The van der Waals surface area contributed by atoms with E-state index < -0.39 is 0 Å². The summed E-state index contributed by atoms with van der Waals surface area (Å²) in [5, 5.41) is 2.14. The summed E-state index contributed by atoms with van der Waals surface area (Å²) in [4.78, 5) is 2.33. The molecule has 3 aliphatic rings. The van der Waals surface area contributed by atoms with Crippen LogP contribution < -0.4 is 4.74 Å². The number of hydrogen-bond donors (Lipinski definition) is 0. The van der Waals surface area contributed by atoms with Crippen molar-refractivity contribution in [2.45, 2.75) is 12.8 Å². The van der Waals surface area contributed by atoms with Gasteiger partial charge in [0, 0.05) is 23.4 Å². The van der Waals surface area contributed by atoms with E-state index in [1.165, 1.54) is 0 Å². The molecule has 3 aromatic rings. The molecule has 0 spiro atoms. The molecule has 0 aliphatic carbocycles. The molecule has 0 unspecified atom stereocenters. The van der Waals surface area contributed by atoms with Crippen molar-refractivity contribution in [3.63, 3.8) is 0 Å². The molecule has 0 saturated carbocycles. The number of ether oxygens (including phenoxy) is 1. The highest BCUT2D eigenvalue weighted by Crippen LogP contribution is 2.35. The van der Waals surface area contributed by atoms with E-state index in [1.807, 2.05) is 42.5 Å². The summed E-state index contributed by atoms with van der Waals surface area (Å²) in [6.45, 7) is 2.98. The molecule has 128 valence electrons. The van der Waals surface area contributed by atoms with E-state index in [0.717, 1.165) is 60.0 Å². The number of nitrogens with zero attached hydrogens (tertiary/aromatic N) is 1. The molecule has 6 rings (SSSR count). The van der Waals surface area contributed by atoms with E-state index in [-0.39, 0.29) is 12.4 Å². The summed E-state index contributed by atoms with van der Waals surface area (Å²) >= 11 is 0. The molecule has 2 aromatic carbocycles. The average Bonchev–Trinajstić information content (AvgIpc) is 3.04. The quantitative estimate of drug-likeness (QED) is 0.679. The fourth-order valence-corrected chi connectivity index (χ4v) is 4.15. The maximum absolute atomic E-state index is 14.6. The summed E-state index contributed by atoms with van der Waals surface area (Å²) in [5.41, 5.74) is 2.58. The molecule has 4 heteroatoms. The van der Waals surface area contributed by atoms with Crippen LogP contribution in [0.4, 0.5) is 4.39 Å². The number of rotatable bonds is 3. The zero-order valence-corrected chi connectivity index (χ0v) is 14.0. The summed E-state index contributed by atoms with van der Waals surface area (Å²) < 4.78 is 26.2. The first-order valence-electron chi connectivity index (χ1n) is 8.92. The third-order valence-electron chi connectivity index (χ3n) is 5.54. The number of furan rings is 1. The zero-order chi connectivity index (χ0) is 16.8. The van der Waals surface area contributed by atoms with E-state index >= 15 is 0 Å². The minimum absolute atomic E-state index is 0.00537. The van der Waals surface area contributed by atoms with Gasteiger partial charge < -0.3 is 9.15 Å². The van der Waals surface area contributed by atoms with Gasteiger partial charge in [0.2, 0.25) is 0 Å². The highest BCUT2D eigenvalue weighted by Gasteiger charge is 2.31. The molecule has 3 aliphatic heterocycles. The van der Waals surface area contributed by atoms with Gasteiger partial charge in [-0.2, -0.15) is 0 Å². The molecular formula is C21H20FNO2. The van der Waals surface area contributed by atoms with Crippen molar-refractivity contribution in [1.29, 1.82) is 0 Å². The van der Waals surface area contributed by atoms with Crippen LogP contribution in [0.2, 0.25) is 0 Å². The zero-order valence-electron chi connectivity index (χ0n) is 14.0. The van der Waals surface area contributed by atoms with Crippen LogP contribution in [0.1, 0.15) is 12.8 Å². The third-order valence-corrected chi connectivity index (χ3v) is 5.54. The first-order valence-corrected chi connectivity index (χ1v) is 8.92. The predicted molar refractivity (Wildman–Crippen MR) is 96.5 cm³/mol. The van der Waals surface area contributed by atoms with Crippen molar-refractivity contribution in [3.8, 4) is 5.75 Å². The van der Waals surface area contributed by atoms with Crippen LogP contribution in [0.15, 0.2) is 58.3 Å². The lowest BCUT2D eigenvalue weighted by Crippen LogP contribution is -2.43. The normalized spacial score (nSPS) is 24.8. The minimum atomic E-state index is -0.0981. The number of fused-ring (bicyclic) bond motifs is 6. The number of halogens is 1. The average molecular weight is 337 g/mol. The number of benzene rings is 2. The predicted octanol–water partition coefficient (Wildman–Crippen LogP) is 4.91. The van der Waals surface area contributed by atoms with Gasteiger partial charge in [0.1, 0.15) is 29.3 Å². The van der Waals surface area contributed by atoms with Crippen LogP contribution in [0.3, 0.4) is 0 Å². The van der Waals surface area contributed by atoms with Gasteiger partial charge in [0.25, 0.3) is 0 Å². The van der Waals surface area contributed by atoms with Gasteiger partial charge in [-0.3, -0.25) is 4.90 Å². The van der Waals surface area contributed by atoms with Gasteiger partial charge in [-0.15, -0.1) is 0 Å². The summed E-state index contributed by atoms with van der Waals surface area (Å²) in [6, 6.07) is 13.7. The van der Waals surface area contributed by atoms with E-state index in [9.17, 15) is 4.39 Å². The van der Waals surface area contributed by atoms with Crippen molar-refractivity contribution >= 4 is 21.9 Å². The van der Waals surface area contributed by atoms with Crippen LogP contribution in [0.25, 0.3) is 21.9 Å². The molecule has 0 radical (unpaired) electrons. The fourth-order valence-electron chi connectivity index (χ4n) is 4.15. The molecule has 3 nitrogen and oxygen atoms in total. The maximum Gasteiger partial charge on any atom is 0.140 e. The second-order valence-corrected chi connectivity index (χ2v) is 7.03. The Morgan fingerprint density at radius 2 is 1.88 bits per heavy atom. The van der Waals surface area contributed by atoms with Crippen molar-refractivity contribution in [2.24, 2.45) is 5.92 Å². The first kappa shape index (κ1) is 15.0. The van der Waals surface area contributed by atoms with Crippen LogP contribution in [0, 0.1) is 5.92 Å². The Labute approximate surface area is 145 Å². The van der Waals surface area contributed by atoms with Gasteiger partial charge >= 0.3 is 0 Å². The largest absolute Gasteiger partial charge is 0.486 e. The van der Waals surface area contributed by atoms with Crippen molar-refractivity contribution < 1.29 is 13.5 Å². The Hall–Kier alpha value is -2.33. The van der Waals surface area contributed by atoms with E-state index in [4.69, 9.17) is 9.15 Å². The van der Waals surface area contributed by atoms with Gasteiger partial charge in [-0.05, 0) is 55.6 Å². The van der Waals surface area contributed by atoms with E-state index in [1.54, 1.807) is 0 Å². The molecular weight excluding hydrogens is 317 g/mol. The fraction of sp³-hybridized carbons (Fsp3) is 0.333. The number of piperidine rings is 3. The Morgan fingerprint density at radius 1 is 1.08 bits per heavy atom. The smallest absolute Gasteiger partial charge is 0.140 e. The van der Waals surface area contributed by atoms with Gasteiger partial charge in [0.15, 0.2) is 0 Å². The lowest BCUT2D eigenvalue weighted by Gasteiger charge is -2.41. The molecule has 2 bridgehead atoms. The Balaban J connectivity index is 1.38. The van der Waals surface area contributed by atoms with Crippen molar-refractivity contribution in [2.75, 3.05) is 26.2 Å². The van der Waals surface area contributed by atoms with Gasteiger partial charge in [-0.1, -0.05) is 18.2 Å². The summed E-state index contributed by atoms with van der Waals surface area (Å²) in [7, 11) is 0. The minimum Gasteiger partial charge on any atom is -0.486 e. The van der Waals surface area contributed by atoms with Crippen molar-refractivity contribution in [3.05, 3.63) is 53.9 Å². The highest BCUT2D eigenvalue weighted by atomic mass is 19.1. The summed E-state index contributed by atoms with van der Waals surface area (Å²) in [5.74, 6) is 0.953. The topological polar surface area (TPSA) is 25.6 Å². The lowest BCUT2D eigenvalue weighted by molar-refractivity contribution is 0.154. The molecule has 0 N–H and O–H groups in total. The lowest BCUT2D eigenvalue weighted by atomic mass is 9.83. The van der Waals surface area contributed by atoms with Gasteiger partial charge in [-0.25, -0.2) is 4.39 Å². The molecule has 25 heavy (non-hydrogen) atoms. The molecule has 4 heterocycles. The molecule has 1 aromatic heterocycles. The second-order valence-electron chi connectivity index (χ2n) is 7.03. The Kier molecular flexibility index (Phi) is 3.52. The standard InChI is InChI=1S/C21H20FNO2/c22-19(18-12-23-9-7-14(18)8-10-23)13-24-15-5-6-17-16-3-1-2-4-20(16)25-21(17)11-15/h1-6,11,14H,7-10,12-13H2. The number of hydrogen-bond acceptors (Lipinski definition) is 3. The second kappa shape index (κ2) is 5.88. The SMILES string of the molecule is FC(COc1ccc2c(c1)oc1ccccc12)=C1CN2CCC1CC2. The van der Waals surface area contributed by atoms with Crippen LogP contribution in [-0.4, -0.2) is 31.1 Å². The maximum atomic E-state index is 14.6. The first-order chi connectivity index (χ1) is 12.3. The highest BCUT2D eigenvalue weighted by molar-refractivity contribution is 6.05. The van der Waals surface area contributed by atoms with Crippen LogP contribution in [0.5, 0.6) is 5.75 Å². The van der Waals surface area contributed by atoms with E-state index in [0.29, 0.717) is 11.7 Å².